The first-order chi connectivity index (χ1) is 5.84. The fraction of sp³-hybridized carbons (Fsp3) is 0.800. The minimum Gasteiger partial charge on any atom is -0.300 e. The molecule has 0 N–H and O–H groups in total. The third-order valence-electron chi connectivity index (χ3n) is 2.61. The van der Waals surface area contributed by atoms with Crippen LogP contribution in [0.25, 0.3) is 0 Å². The van der Waals surface area contributed by atoms with Crippen LogP contribution in [0.4, 0.5) is 0 Å². The molecule has 0 amide bonds. The predicted molar refractivity (Wildman–Crippen MR) is 57.9 cm³/mol. The summed E-state index contributed by atoms with van der Waals surface area (Å²) >= 11 is 4.13. The Morgan fingerprint density at radius 2 is 2.00 bits per heavy atom. The van der Waals surface area contributed by atoms with Gasteiger partial charge in [-0.05, 0) is 19.9 Å². The van der Waals surface area contributed by atoms with E-state index in [1.807, 2.05) is 0 Å². The van der Waals surface area contributed by atoms with Crippen molar-refractivity contribution >= 4 is 12.6 Å². The number of nitrogens with zero attached hydrogens (tertiary/aromatic N) is 1. The number of thiol groups is 1. The van der Waals surface area contributed by atoms with Gasteiger partial charge < -0.3 is 0 Å². The Balaban J connectivity index is 2.17. The Bertz CT molecular complexity index is 139. The van der Waals surface area contributed by atoms with E-state index in [9.17, 15) is 0 Å². The molecule has 1 nitrogen and oxygen atoms in total. The van der Waals surface area contributed by atoms with E-state index in [1.54, 1.807) is 0 Å². The van der Waals surface area contributed by atoms with Gasteiger partial charge in [0.15, 0.2) is 0 Å². The topological polar surface area (TPSA) is 3.24 Å². The third kappa shape index (κ3) is 3.20. The lowest BCUT2D eigenvalue weighted by atomic mass is 10.2. The van der Waals surface area contributed by atoms with Crippen LogP contribution in [0.2, 0.25) is 0 Å². The SMILES string of the molecule is CN(CC=CCS)C1CCCC1. The van der Waals surface area contributed by atoms with Gasteiger partial charge >= 0.3 is 0 Å². The van der Waals surface area contributed by atoms with Crippen LogP contribution in [-0.2, 0) is 0 Å². The summed E-state index contributed by atoms with van der Waals surface area (Å²) in [5.74, 6) is 0.860. The van der Waals surface area contributed by atoms with Crippen molar-refractivity contribution in [3.63, 3.8) is 0 Å². The molecule has 0 atom stereocenters. The Morgan fingerprint density at radius 3 is 2.58 bits per heavy atom. The molecule has 1 aliphatic carbocycles. The molecule has 0 bridgehead atoms. The average molecular weight is 185 g/mol. The van der Waals surface area contributed by atoms with E-state index < -0.39 is 0 Å². The van der Waals surface area contributed by atoms with Crippen LogP contribution in [0, 0.1) is 0 Å². The minimum absolute atomic E-state index is 0.842. The number of hydrogen-bond donors (Lipinski definition) is 1. The summed E-state index contributed by atoms with van der Waals surface area (Å²) in [6, 6.07) is 0.842. The molecule has 0 unspecified atom stereocenters. The van der Waals surface area contributed by atoms with Crippen molar-refractivity contribution in [2.75, 3.05) is 19.3 Å². The maximum Gasteiger partial charge on any atom is 0.0163 e. The lowest BCUT2D eigenvalue weighted by Gasteiger charge is -2.21. The molecule has 0 spiro atoms. The van der Waals surface area contributed by atoms with Crippen molar-refractivity contribution in [3.05, 3.63) is 12.2 Å². The zero-order valence-corrected chi connectivity index (χ0v) is 8.76. The van der Waals surface area contributed by atoms with Gasteiger partial charge in [-0.25, -0.2) is 0 Å². The largest absolute Gasteiger partial charge is 0.300 e. The maximum atomic E-state index is 4.13. The van der Waals surface area contributed by atoms with Crippen molar-refractivity contribution in [1.82, 2.24) is 4.90 Å². The fourth-order valence-electron chi connectivity index (χ4n) is 1.81. The first kappa shape index (κ1) is 10.1. The van der Waals surface area contributed by atoms with Gasteiger partial charge in [-0.2, -0.15) is 12.6 Å². The second-order valence-corrected chi connectivity index (χ2v) is 3.90. The molecule has 0 heterocycles. The summed E-state index contributed by atoms with van der Waals surface area (Å²) in [5.41, 5.74) is 0. The highest BCUT2D eigenvalue weighted by Gasteiger charge is 2.17. The van der Waals surface area contributed by atoms with Gasteiger partial charge in [0.25, 0.3) is 0 Å². The molecule has 0 aliphatic heterocycles. The van der Waals surface area contributed by atoms with Crippen LogP contribution >= 0.6 is 12.6 Å². The summed E-state index contributed by atoms with van der Waals surface area (Å²) in [5, 5.41) is 0. The molecule has 1 aliphatic rings. The molecule has 2 heteroatoms. The van der Waals surface area contributed by atoms with E-state index in [-0.39, 0.29) is 0 Å². The summed E-state index contributed by atoms with van der Waals surface area (Å²) in [6.45, 7) is 1.09. The van der Waals surface area contributed by atoms with E-state index in [1.165, 1.54) is 25.7 Å². The van der Waals surface area contributed by atoms with Crippen LogP contribution in [0.3, 0.4) is 0 Å². The van der Waals surface area contributed by atoms with Crippen LogP contribution in [0.1, 0.15) is 25.7 Å². The Labute approximate surface area is 81.2 Å². The molecule has 70 valence electrons. The van der Waals surface area contributed by atoms with Crippen molar-refractivity contribution in [2.45, 2.75) is 31.7 Å². The van der Waals surface area contributed by atoms with E-state index in [0.29, 0.717) is 0 Å². The standard InChI is InChI=1S/C10H19NS/c1-11(8-4-5-9-12)10-6-2-3-7-10/h4-5,10,12H,2-3,6-9H2,1H3. The maximum absolute atomic E-state index is 4.13. The summed E-state index contributed by atoms with van der Waals surface area (Å²) < 4.78 is 0. The van der Waals surface area contributed by atoms with Crippen molar-refractivity contribution in [1.29, 1.82) is 0 Å². The van der Waals surface area contributed by atoms with Crippen LogP contribution < -0.4 is 0 Å². The van der Waals surface area contributed by atoms with Gasteiger partial charge in [0.2, 0.25) is 0 Å². The Kier molecular flexibility index (Phi) is 4.77. The van der Waals surface area contributed by atoms with Gasteiger partial charge in [0.05, 0.1) is 0 Å². The Hall–Kier alpha value is 0.0500. The molecule has 1 fully saturated rings. The minimum atomic E-state index is 0.842. The van der Waals surface area contributed by atoms with Crippen molar-refractivity contribution < 1.29 is 0 Å². The highest BCUT2D eigenvalue weighted by molar-refractivity contribution is 7.80. The number of hydrogen-bond acceptors (Lipinski definition) is 2. The van der Waals surface area contributed by atoms with Crippen LogP contribution in [0.15, 0.2) is 12.2 Å². The van der Waals surface area contributed by atoms with Crippen LogP contribution in [0.5, 0.6) is 0 Å². The fourth-order valence-corrected chi connectivity index (χ4v) is 1.96. The average Bonchev–Trinajstić information content (AvgIpc) is 2.56. The second kappa shape index (κ2) is 5.65. The van der Waals surface area contributed by atoms with Crippen molar-refractivity contribution in [3.8, 4) is 0 Å². The monoisotopic (exact) mass is 185 g/mol. The lowest BCUT2D eigenvalue weighted by molar-refractivity contribution is 0.271. The zero-order valence-electron chi connectivity index (χ0n) is 7.87. The molecule has 0 radical (unpaired) electrons. The van der Waals surface area contributed by atoms with Gasteiger partial charge in [0, 0.05) is 18.3 Å². The molecule has 0 saturated heterocycles. The van der Waals surface area contributed by atoms with E-state index in [0.717, 1.165) is 18.3 Å². The van der Waals surface area contributed by atoms with Gasteiger partial charge in [-0.3, -0.25) is 4.90 Å². The molecular formula is C10H19NS. The zero-order chi connectivity index (χ0) is 8.81. The molecular weight excluding hydrogens is 166 g/mol. The van der Waals surface area contributed by atoms with Gasteiger partial charge in [-0.15, -0.1) is 0 Å². The first-order valence-electron chi connectivity index (χ1n) is 4.80. The molecule has 12 heavy (non-hydrogen) atoms. The summed E-state index contributed by atoms with van der Waals surface area (Å²) in [7, 11) is 2.22. The predicted octanol–water partition coefficient (Wildman–Crippen LogP) is 2.35. The highest BCUT2D eigenvalue weighted by atomic mass is 32.1. The normalized spacial score (nSPS) is 19.9. The first-order valence-corrected chi connectivity index (χ1v) is 5.44. The summed E-state index contributed by atoms with van der Waals surface area (Å²) in [6.07, 6.45) is 9.97. The van der Waals surface area contributed by atoms with Crippen molar-refractivity contribution in [2.24, 2.45) is 0 Å². The van der Waals surface area contributed by atoms with E-state index in [4.69, 9.17) is 0 Å². The molecule has 0 aromatic carbocycles. The lowest BCUT2D eigenvalue weighted by Crippen LogP contribution is -2.29. The summed E-state index contributed by atoms with van der Waals surface area (Å²) in [4.78, 5) is 2.45. The molecule has 1 rings (SSSR count). The quantitative estimate of drug-likeness (QED) is 0.520. The van der Waals surface area contributed by atoms with Gasteiger partial charge in [-0.1, -0.05) is 25.0 Å². The second-order valence-electron chi connectivity index (χ2n) is 3.53. The highest BCUT2D eigenvalue weighted by Crippen LogP contribution is 2.21. The molecule has 0 aromatic heterocycles. The molecule has 1 saturated carbocycles. The molecule has 0 aromatic rings. The third-order valence-corrected chi connectivity index (χ3v) is 2.82. The smallest absolute Gasteiger partial charge is 0.0163 e. The van der Waals surface area contributed by atoms with Gasteiger partial charge in [0.1, 0.15) is 0 Å². The number of rotatable bonds is 4. The number of likely N-dealkylation sites (N-methyl/N-ethyl adjacent to an activating group) is 1. The Morgan fingerprint density at radius 1 is 1.33 bits per heavy atom. The van der Waals surface area contributed by atoms with Crippen LogP contribution in [-0.4, -0.2) is 30.3 Å². The van der Waals surface area contributed by atoms with E-state index >= 15 is 0 Å². The van der Waals surface area contributed by atoms with E-state index in [2.05, 4.69) is 36.7 Å².